The molecule has 1 aliphatic carbocycles. The summed E-state index contributed by atoms with van der Waals surface area (Å²) in [5.74, 6) is 0.866. The van der Waals surface area contributed by atoms with Crippen molar-refractivity contribution in [2.45, 2.75) is 31.9 Å². The van der Waals surface area contributed by atoms with Gasteiger partial charge in [-0.3, -0.25) is 0 Å². The fourth-order valence-corrected chi connectivity index (χ4v) is 2.00. The fourth-order valence-electron chi connectivity index (χ4n) is 1.67. The third-order valence-corrected chi connectivity index (χ3v) is 3.09. The van der Waals surface area contributed by atoms with Gasteiger partial charge in [0.1, 0.15) is 12.1 Å². The average Bonchev–Trinajstić information content (AvgIpc) is 2.18. The van der Waals surface area contributed by atoms with Crippen molar-refractivity contribution in [1.82, 2.24) is 9.97 Å². The van der Waals surface area contributed by atoms with Crippen LogP contribution in [0.1, 0.15) is 19.8 Å². The number of hydrogen-bond donors (Lipinski definition) is 1. The highest BCUT2D eigenvalue weighted by Crippen LogP contribution is 2.28. The van der Waals surface area contributed by atoms with Crippen molar-refractivity contribution >= 4 is 21.7 Å². The monoisotopic (exact) mass is 271 g/mol. The topological polar surface area (TPSA) is 47.0 Å². The van der Waals surface area contributed by atoms with Gasteiger partial charge in [-0.1, -0.05) is 0 Å². The van der Waals surface area contributed by atoms with Gasteiger partial charge in [-0.15, -0.1) is 0 Å². The van der Waals surface area contributed by atoms with E-state index in [1.54, 1.807) is 12.5 Å². The van der Waals surface area contributed by atoms with E-state index in [9.17, 15) is 0 Å². The minimum absolute atomic E-state index is 0.424. The van der Waals surface area contributed by atoms with E-state index in [0.717, 1.165) is 29.7 Å². The Morgan fingerprint density at radius 3 is 3.07 bits per heavy atom. The molecule has 82 valence electrons. The summed E-state index contributed by atoms with van der Waals surface area (Å²) >= 11 is 3.41. The van der Waals surface area contributed by atoms with Crippen molar-refractivity contribution < 1.29 is 4.74 Å². The number of halogens is 1. The summed E-state index contributed by atoms with van der Waals surface area (Å²) in [6, 6.07) is 0.479. The molecule has 0 spiro atoms. The van der Waals surface area contributed by atoms with Gasteiger partial charge in [0.2, 0.25) is 0 Å². The molecule has 0 aliphatic heterocycles. The first-order valence-corrected chi connectivity index (χ1v) is 5.92. The van der Waals surface area contributed by atoms with Gasteiger partial charge in [-0.2, -0.15) is 0 Å². The number of nitrogens with zero attached hydrogens (tertiary/aromatic N) is 2. The van der Waals surface area contributed by atoms with Gasteiger partial charge >= 0.3 is 0 Å². The molecule has 15 heavy (non-hydrogen) atoms. The molecular weight excluding hydrogens is 258 g/mol. The number of rotatable bonds is 4. The lowest BCUT2D eigenvalue weighted by Crippen LogP contribution is -2.41. The Hall–Kier alpha value is -0.680. The lowest BCUT2D eigenvalue weighted by Gasteiger charge is -2.35. The van der Waals surface area contributed by atoms with E-state index in [2.05, 4.69) is 31.2 Å². The molecule has 1 N–H and O–H groups in total. The molecule has 0 radical (unpaired) electrons. The normalized spacial score (nSPS) is 24.7. The Kier molecular flexibility index (Phi) is 3.53. The smallest absolute Gasteiger partial charge is 0.143 e. The van der Waals surface area contributed by atoms with E-state index in [0.29, 0.717) is 12.1 Å². The predicted octanol–water partition coefficient (Wildman–Crippen LogP) is 2.22. The molecule has 0 atom stereocenters. The Labute approximate surface area is 97.6 Å². The van der Waals surface area contributed by atoms with Crippen LogP contribution in [0.25, 0.3) is 0 Å². The summed E-state index contributed by atoms with van der Waals surface area (Å²) in [7, 11) is 0. The van der Waals surface area contributed by atoms with Gasteiger partial charge < -0.3 is 10.1 Å². The second-order valence-corrected chi connectivity index (χ2v) is 4.46. The number of ether oxygens (including phenoxy) is 1. The largest absolute Gasteiger partial charge is 0.378 e. The van der Waals surface area contributed by atoms with E-state index in [-0.39, 0.29) is 0 Å². The van der Waals surface area contributed by atoms with Crippen LogP contribution >= 0.6 is 15.9 Å². The highest BCUT2D eigenvalue weighted by atomic mass is 79.9. The Morgan fingerprint density at radius 2 is 2.40 bits per heavy atom. The Bertz CT molecular complexity index is 328. The van der Waals surface area contributed by atoms with Crippen molar-refractivity contribution in [1.29, 1.82) is 0 Å². The van der Waals surface area contributed by atoms with Crippen molar-refractivity contribution in [3.63, 3.8) is 0 Å². The van der Waals surface area contributed by atoms with Crippen LogP contribution in [-0.4, -0.2) is 28.7 Å². The zero-order valence-corrected chi connectivity index (χ0v) is 10.2. The van der Waals surface area contributed by atoms with Crippen molar-refractivity contribution in [3.8, 4) is 0 Å². The zero-order valence-electron chi connectivity index (χ0n) is 8.61. The third kappa shape index (κ3) is 2.66. The lowest BCUT2D eigenvalue weighted by atomic mass is 9.89. The van der Waals surface area contributed by atoms with Crippen LogP contribution in [0.2, 0.25) is 0 Å². The molecule has 0 bridgehead atoms. The molecule has 1 heterocycles. The molecule has 1 aromatic rings. The summed E-state index contributed by atoms with van der Waals surface area (Å²) in [5, 5.41) is 3.36. The Morgan fingerprint density at radius 1 is 1.60 bits per heavy atom. The fraction of sp³-hybridized carbons (Fsp3) is 0.600. The van der Waals surface area contributed by atoms with Crippen LogP contribution in [0.5, 0.6) is 0 Å². The quantitative estimate of drug-likeness (QED) is 0.913. The summed E-state index contributed by atoms with van der Waals surface area (Å²) in [6.45, 7) is 2.83. The number of anilines is 1. The first kappa shape index (κ1) is 10.8. The molecule has 4 nitrogen and oxygen atoms in total. The van der Waals surface area contributed by atoms with Crippen molar-refractivity contribution in [3.05, 3.63) is 17.0 Å². The molecule has 1 saturated carbocycles. The number of hydrogen-bond acceptors (Lipinski definition) is 4. The molecule has 0 amide bonds. The molecule has 0 aromatic carbocycles. The van der Waals surface area contributed by atoms with Gasteiger partial charge in [0, 0.05) is 18.8 Å². The number of nitrogens with one attached hydrogen (secondary N) is 1. The van der Waals surface area contributed by atoms with Gasteiger partial charge in [0.05, 0.1) is 10.6 Å². The van der Waals surface area contributed by atoms with Crippen LogP contribution in [0.15, 0.2) is 17.0 Å². The second-order valence-electron chi connectivity index (χ2n) is 3.61. The molecule has 1 fully saturated rings. The standard InChI is InChI=1S/C10H14BrN3O/c1-2-15-8-3-7(4-8)14-10-9(11)5-12-6-13-10/h5-8H,2-4H2,1H3,(H,12,13,14). The van der Waals surface area contributed by atoms with Gasteiger partial charge in [-0.25, -0.2) is 9.97 Å². The highest BCUT2D eigenvalue weighted by Gasteiger charge is 2.29. The summed E-state index contributed by atoms with van der Waals surface area (Å²) in [6.07, 6.45) is 5.84. The SMILES string of the molecule is CCOC1CC(Nc2ncncc2Br)C1. The highest BCUT2D eigenvalue weighted by molar-refractivity contribution is 9.10. The Balaban J connectivity index is 1.82. The molecule has 1 aromatic heterocycles. The van der Waals surface area contributed by atoms with E-state index in [4.69, 9.17) is 4.74 Å². The van der Waals surface area contributed by atoms with Crippen LogP contribution in [0.4, 0.5) is 5.82 Å². The molecule has 5 heteroatoms. The third-order valence-electron chi connectivity index (χ3n) is 2.51. The minimum Gasteiger partial charge on any atom is -0.378 e. The number of aromatic nitrogens is 2. The van der Waals surface area contributed by atoms with Crippen LogP contribution < -0.4 is 5.32 Å². The maximum absolute atomic E-state index is 5.49. The van der Waals surface area contributed by atoms with E-state index in [1.807, 2.05) is 6.92 Å². The molecule has 0 unspecified atom stereocenters. The second kappa shape index (κ2) is 4.90. The zero-order chi connectivity index (χ0) is 10.7. The first-order chi connectivity index (χ1) is 7.29. The lowest BCUT2D eigenvalue weighted by molar-refractivity contribution is 0.00291. The van der Waals surface area contributed by atoms with Crippen molar-refractivity contribution in [2.75, 3.05) is 11.9 Å². The summed E-state index contributed by atoms with van der Waals surface area (Å²) < 4.78 is 6.40. The molecule has 0 saturated heterocycles. The van der Waals surface area contributed by atoms with Crippen molar-refractivity contribution in [2.24, 2.45) is 0 Å². The van der Waals surface area contributed by atoms with Crippen LogP contribution in [-0.2, 0) is 4.74 Å². The minimum atomic E-state index is 0.424. The van der Waals surface area contributed by atoms with Gasteiger partial charge in [-0.05, 0) is 35.7 Å². The maximum Gasteiger partial charge on any atom is 0.143 e. The van der Waals surface area contributed by atoms with E-state index >= 15 is 0 Å². The van der Waals surface area contributed by atoms with Gasteiger partial charge in [0.15, 0.2) is 0 Å². The van der Waals surface area contributed by atoms with Crippen LogP contribution in [0, 0.1) is 0 Å². The van der Waals surface area contributed by atoms with Gasteiger partial charge in [0.25, 0.3) is 0 Å². The average molecular weight is 272 g/mol. The van der Waals surface area contributed by atoms with E-state index in [1.165, 1.54) is 0 Å². The first-order valence-electron chi connectivity index (χ1n) is 5.13. The summed E-state index contributed by atoms with van der Waals surface area (Å²) in [5.41, 5.74) is 0. The van der Waals surface area contributed by atoms with Crippen LogP contribution in [0.3, 0.4) is 0 Å². The maximum atomic E-state index is 5.49. The molecule has 1 aliphatic rings. The predicted molar refractivity (Wildman–Crippen MR) is 61.8 cm³/mol. The van der Waals surface area contributed by atoms with E-state index < -0.39 is 0 Å². The molecular formula is C10H14BrN3O. The summed E-state index contributed by atoms with van der Waals surface area (Å²) in [4.78, 5) is 8.08. The molecule has 2 rings (SSSR count).